The van der Waals surface area contributed by atoms with Gasteiger partial charge < -0.3 is 15.4 Å². The van der Waals surface area contributed by atoms with Crippen LogP contribution in [0.2, 0.25) is 0 Å². The van der Waals surface area contributed by atoms with Crippen molar-refractivity contribution < 1.29 is 22.7 Å². The second kappa shape index (κ2) is 7.27. The number of ether oxygens (including phenoxy) is 1. The van der Waals surface area contributed by atoms with Crippen LogP contribution in [0.3, 0.4) is 0 Å². The van der Waals surface area contributed by atoms with E-state index in [4.69, 9.17) is 0 Å². The Bertz CT molecular complexity index is 788. The maximum Gasteiger partial charge on any atom is 0.573 e. The molecule has 0 saturated carbocycles. The fourth-order valence-corrected chi connectivity index (χ4v) is 2.97. The van der Waals surface area contributed by atoms with Gasteiger partial charge in [0, 0.05) is 11.4 Å². The van der Waals surface area contributed by atoms with Crippen LogP contribution in [0.5, 0.6) is 5.75 Å². The third-order valence-corrected chi connectivity index (χ3v) is 4.23. The van der Waals surface area contributed by atoms with E-state index in [-0.39, 0.29) is 11.7 Å². The predicted octanol–water partition coefficient (Wildman–Crippen LogP) is 4.51. The van der Waals surface area contributed by atoms with E-state index in [9.17, 15) is 18.0 Å². The third-order valence-electron chi connectivity index (χ3n) is 4.23. The predicted molar refractivity (Wildman–Crippen MR) is 93.3 cm³/mol. The third kappa shape index (κ3) is 4.68. The van der Waals surface area contributed by atoms with Crippen molar-refractivity contribution in [2.24, 2.45) is 0 Å². The number of benzene rings is 2. The SMILES string of the molecule is CC(Nc1ccc(OC(F)(F)F)cc1)C(=O)Nc1ccc2c(c1)CCC2. The zero-order chi connectivity index (χ0) is 18.7. The number of carbonyl (C=O) groups excluding carboxylic acids is 1. The first kappa shape index (κ1) is 18.1. The average Bonchev–Trinajstić information content (AvgIpc) is 3.03. The number of amides is 1. The van der Waals surface area contributed by atoms with E-state index in [2.05, 4.69) is 15.4 Å². The highest BCUT2D eigenvalue weighted by Crippen LogP contribution is 2.26. The molecule has 1 amide bonds. The summed E-state index contributed by atoms with van der Waals surface area (Å²) >= 11 is 0. The summed E-state index contributed by atoms with van der Waals surface area (Å²) in [6, 6.07) is 10.6. The van der Waals surface area contributed by atoms with Crippen molar-refractivity contribution in [1.29, 1.82) is 0 Å². The maximum absolute atomic E-state index is 12.3. The van der Waals surface area contributed by atoms with E-state index in [1.165, 1.54) is 35.4 Å². The second-order valence-electron chi connectivity index (χ2n) is 6.26. The minimum atomic E-state index is -4.72. The zero-order valence-electron chi connectivity index (χ0n) is 14.2. The van der Waals surface area contributed by atoms with Gasteiger partial charge in [-0.25, -0.2) is 0 Å². The van der Waals surface area contributed by atoms with Gasteiger partial charge in [-0.1, -0.05) is 6.07 Å². The Kier molecular flexibility index (Phi) is 5.06. The van der Waals surface area contributed by atoms with Crippen LogP contribution in [0, 0.1) is 0 Å². The molecule has 3 rings (SSSR count). The van der Waals surface area contributed by atoms with Crippen molar-refractivity contribution in [3.8, 4) is 5.75 Å². The molecule has 1 atom stereocenters. The summed E-state index contributed by atoms with van der Waals surface area (Å²) in [5.41, 5.74) is 3.87. The standard InChI is InChI=1S/C19H19F3N2O2/c1-12(23-15-7-9-17(10-8-15)26-19(20,21)22)18(25)24-16-6-5-13-3-2-4-14(13)11-16/h5-12,23H,2-4H2,1H3,(H,24,25). The lowest BCUT2D eigenvalue weighted by molar-refractivity contribution is -0.274. The molecule has 0 radical (unpaired) electrons. The van der Waals surface area contributed by atoms with Crippen molar-refractivity contribution in [1.82, 2.24) is 0 Å². The number of hydrogen-bond donors (Lipinski definition) is 2. The number of nitrogens with one attached hydrogen (secondary N) is 2. The van der Waals surface area contributed by atoms with Gasteiger partial charge >= 0.3 is 6.36 Å². The summed E-state index contributed by atoms with van der Waals surface area (Å²) in [7, 11) is 0. The first-order chi connectivity index (χ1) is 12.3. The van der Waals surface area contributed by atoms with Gasteiger partial charge in [-0.15, -0.1) is 13.2 Å². The van der Waals surface area contributed by atoms with Crippen LogP contribution in [0.15, 0.2) is 42.5 Å². The monoisotopic (exact) mass is 364 g/mol. The van der Waals surface area contributed by atoms with E-state index < -0.39 is 12.4 Å². The minimum Gasteiger partial charge on any atom is -0.406 e. The second-order valence-corrected chi connectivity index (χ2v) is 6.26. The average molecular weight is 364 g/mol. The van der Waals surface area contributed by atoms with Crippen molar-refractivity contribution in [3.63, 3.8) is 0 Å². The Morgan fingerprint density at radius 2 is 1.69 bits per heavy atom. The summed E-state index contributed by atoms with van der Waals surface area (Å²) in [4.78, 5) is 12.3. The number of hydrogen-bond acceptors (Lipinski definition) is 3. The Morgan fingerprint density at radius 3 is 2.38 bits per heavy atom. The minimum absolute atomic E-state index is 0.224. The van der Waals surface area contributed by atoms with Crippen molar-refractivity contribution in [2.45, 2.75) is 38.6 Å². The van der Waals surface area contributed by atoms with Crippen LogP contribution in [0.4, 0.5) is 24.5 Å². The lowest BCUT2D eigenvalue weighted by Gasteiger charge is -2.16. The van der Waals surface area contributed by atoms with E-state index >= 15 is 0 Å². The van der Waals surface area contributed by atoms with E-state index in [0.29, 0.717) is 5.69 Å². The molecule has 2 N–H and O–H groups in total. The smallest absolute Gasteiger partial charge is 0.406 e. The molecule has 1 unspecified atom stereocenters. The first-order valence-electron chi connectivity index (χ1n) is 8.35. The normalized spacial score (nSPS) is 14.5. The molecule has 0 saturated heterocycles. The van der Waals surface area contributed by atoms with Gasteiger partial charge in [0.2, 0.25) is 5.91 Å². The molecule has 0 bridgehead atoms. The van der Waals surface area contributed by atoms with Gasteiger partial charge in [-0.05, 0) is 73.7 Å². The Hall–Kier alpha value is -2.70. The summed E-state index contributed by atoms with van der Waals surface area (Å²) in [6.45, 7) is 1.68. The zero-order valence-corrected chi connectivity index (χ0v) is 14.2. The molecule has 7 heteroatoms. The van der Waals surface area contributed by atoms with Gasteiger partial charge in [0.1, 0.15) is 11.8 Å². The maximum atomic E-state index is 12.3. The summed E-state index contributed by atoms with van der Waals surface area (Å²) in [5.74, 6) is -0.531. The summed E-state index contributed by atoms with van der Waals surface area (Å²) in [6.07, 6.45) is -1.48. The Balaban J connectivity index is 1.57. The van der Waals surface area contributed by atoms with Crippen LogP contribution >= 0.6 is 0 Å². The molecular weight excluding hydrogens is 345 g/mol. The molecule has 2 aromatic carbocycles. The Morgan fingerprint density at radius 1 is 1.04 bits per heavy atom. The lowest BCUT2D eigenvalue weighted by atomic mass is 10.1. The van der Waals surface area contributed by atoms with Crippen LogP contribution in [0.25, 0.3) is 0 Å². The quantitative estimate of drug-likeness (QED) is 0.821. The summed E-state index contributed by atoms with van der Waals surface area (Å²) in [5, 5.41) is 5.81. The van der Waals surface area contributed by atoms with Crippen molar-refractivity contribution >= 4 is 17.3 Å². The fourth-order valence-electron chi connectivity index (χ4n) is 2.97. The van der Waals surface area contributed by atoms with Crippen LogP contribution in [-0.4, -0.2) is 18.3 Å². The van der Waals surface area contributed by atoms with E-state index in [1.807, 2.05) is 18.2 Å². The van der Waals surface area contributed by atoms with Gasteiger partial charge in [0.25, 0.3) is 0 Å². The molecule has 1 aliphatic carbocycles. The first-order valence-corrected chi connectivity index (χ1v) is 8.35. The molecule has 0 spiro atoms. The molecule has 1 aliphatic rings. The number of alkyl halides is 3. The van der Waals surface area contributed by atoms with E-state index in [0.717, 1.165) is 24.9 Å². The molecule has 0 aromatic heterocycles. The van der Waals surface area contributed by atoms with Crippen LogP contribution in [0.1, 0.15) is 24.5 Å². The number of carbonyl (C=O) groups is 1. The number of rotatable bonds is 5. The number of halogens is 3. The number of anilines is 2. The highest BCUT2D eigenvalue weighted by Gasteiger charge is 2.31. The van der Waals surface area contributed by atoms with Crippen LogP contribution < -0.4 is 15.4 Å². The van der Waals surface area contributed by atoms with Crippen LogP contribution in [-0.2, 0) is 17.6 Å². The molecule has 4 nitrogen and oxygen atoms in total. The largest absolute Gasteiger partial charge is 0.573 e. The highest BCUT2D eigenvalue weighted by molar-refractivity contribution is 5.96. The molecule has 138 valence electrons. The molecule has 0 heterocycles. The lowest BCUT2D eigenvalue weighted by Crippen LogP contribution is -2.31. The van der Waals surface area contributed by atoms with Gasteiger partial charge in [0.05, 0.1) is 0 Å². The fraction of sp³-hybridized carbons (Fsp3) is 0.316. The van der Waals surface area contributed by atoms with Gasteiger partial charge in [0.15, 0.2) is 0 Å². The molecule has 0 fully saturated rings. The molecule has 26 heavy (non-hydrogen) atoms. The highest BCUT2D eigenvalue weighted by atomic mass is 19.4. The molecular formula is C19H19F3N2O2. The van der Waals surface area contributed by atoms with Gasteiger partial charge in [-0.3, -0.25) is 4.79 Å². The number of aryl methyl sites for hydroxylation is 2. The van der Waals surface area contributed by atoms with E-state index in [1.54, 1.807) is 6.92 Å². The number of fused-ring (bicyclic) bond motifs is 1. The topological polar surface area (TPSA) is 50.4 Å². The Labute approximate surface area is 149 Å². The van der Waals surface area contributed by atoms with Crippen molar-refractivity contribution in [3.05, 3.63) is 53.6 Å². The molecule has 0 aliphatic heterocycles. The van der Waals surface area contributed by atoms with Gasteiger partial charge in [-0.2, -0.15) is 0 Å². The summed E-state index contributed by atoms with van der Waals surface area (Å²) < 4.78 is 40.3. The van der Waals surface area contributed by atoms with Crippen molar-refractivity contribution in [2.75, 3.05) is 10.6 Å². The molecule has 2 aromatic rings.